The molecule has 1 atom stereocenters. The molecule has 1 aromatic rings. The summed E-state index contributed by atoms with van der Waals surface area (Å²) in [4.78, 5) is 1.24. The number of rotatable bonds is 5. The van der Waals surface area contributed by atoms with Crippen LogP contribution in [0.15, 0.2) is 35.2 Å². The van der Waals surface area contributed by atoms with E-state index in [1.807, 2.05) is 18.2 Å². The van der Waals surface area contributed by atoms with Crippen LogP contribution in [0.25, 0.3) is 0 Å². The Morgan fingerprint density at radius 3 is 2.38 bits per heavy atom. The van der Waals surface area contributed by atoms with Gasteiger partial charge in [-0.05, 0) is 18.6 Å². The van der Waals surface area contributed by atoms with E-state index in [4.69, 9.17) is 10.8 Å². The van der Waals surface area contributed by atoms with Crippen molar-refractivity contribution in [2.75, 3.05) is 6.61 Å². The molecule has 0 aliphatic heterocycles. The number of hydrogen-bond acceptors (Lipinski definition) is 3. The second kappa shape index (κ2) is 7.17. The van der Waals surface area contributed by atoms with Crippen LogP contribution >= 0.6 is 24.2 Å². The van der Waals surface area contributed by atoms with E-state index < -0.39 is 0 Å². The van der Waals surface area contributed by atoms with E-state index >= 15 is 0 Å². The van der Waals surface area contributed by atoms with E-state index in [0.29, 0.717) is 0 Å². The highest BCUT2D eigenvalue weighted by molar-refractivity contribution is 8.00. The molecule has 3 N–H and O–H groups in total. The van der Waals surface area contributed by atoms with Gasteiger partial charge in [0.1, 0.15) is 0 Å². The number of hydrogen-bond donors (Lipinski definition) is 2. The van der Waals surface area contributed by atoms with Gasteiger partial charge in [0, 0.05) is 15.7 Å². The summed E-state index contributed by atoms with van der Waals surface area (Å²) in [5.41, 5.74) is 5.75. The standard InChI is InChI=1S/C12H19NOS.ClH/c1-12(2,8-10(13)9-14)15-11-6-4-3-5-7-11;/h3-7,10,14H,8-9,13H2,1-2H3;1H. The second-order valence-electron chi connectivity index (χ2n) is 4.32. The minimum Gasteiger partial charge on any atom is -0.395 e. The maximum atomic E-state index is 8.93. The van der Waals surface area contributed by atoms with Gasteiger partial charge in [0.15, 0.2) is 0 Å². The van der Waals surface area contributed by atoms with E-state index in [1.165, 1.54) is 4.90 Å². The molecule has 0 aliphatic carbocycles. The Labute approximate surface area is 108 Å². The van der Waals surface area contributed by atoms with Crippen molar-refractivity contribution in [2.24, 2.45) is 5.73 Å². The Kier molecular flexibility index (Phi) is 7.07. The van der Waals surface area contributed by atoms with Crippen LogP contribution in [0.4, 0.5) is 0 Å². The van der Waals surface area contributed by atoms with Gasteiger partial charge < -0.3 is 10.8 Å². The van der Waals surface area contributed by atoms with Crippen LogP contribution in [0.3, 0.4) is 0 Å². The Morgan fingerprint density at radius 2 is 1.88 bits per heavy atom. The van der Waals surface area contributed by atoms with Crippen LogP contribution in [-0.2, 0) is 0 Å². The summed E-state index contributed by atoms with van der Waals surface area (Å²) in [5, 5.41) is 8.93. The second-order valence-corrected chi connectivity index (χ2v) is 6.10. The zero-order valence-corrected chi connectivity index (χ0v) is 11.4. The number of halogens is 1. The monoisotopic (exact) mass is 261 g/mol. The Balaban J connectivity index is 0.00000225. The molecule has 4 heteroatoms. The van der Waals surface area contributed by atoms with E-state index in [0.717, 1.165) is 6.42 Å². The summed E-state index contributed by atoms with van der Waals surface area (Å²) in [6.07, 6.45) is 0.809. The molecule has 0 fully saturated rings. The first-order valence-corrected chi connectivity index (χ1v) is 5.96. The summed E-state index contributed by atoms with van der Waals surface area (Å²) in [5.74, 6) is 0. The first kappa shape index (κ1) is 15.8. The Hall–Kier alpha value is -0.220. The van der Waals surface area contributed by atoms with Crippen LogP contribution in [0.5, 0.6) is 0 Å². The quantitative estimate of drug-likeness (QED) is 0.802. The van der Waals surface area contributed by atoms with Crippen LogP contribution in [0, 0.1) is 0 Å². The largest absolute Gasteiger partial charge is 0.395 e. The molecule has 1 aromatic carbocycles. The third-order valence-electron chi connectivity index (χ3n) is 2.13. The molecular formula is C12H20ClNOS. The van der Waals surface area contributed by atoms with Crippen molar-refractivity contribution in [1.29, 1.82) is 0 Å². The maximum absolute atomic E-state index is 8.93. The van der Waals surface area contributed by atoms with Gasteiger partial charge in [-0.3, -0.25) is 0 Å². The summed E-state index contributed by atoms with van der Waals surface area (Å²) in [7, 11) is 0. The first-order valence-electron chi connectivity index (χ1n) is 5.14. The molecule has 0 saturated carbocycles. The molecule has 0 heterocycles. The van der Waals surface area contributed by atoms with Gasteiger partial charge in [0.05, 0.1) is 6.61 Å². The molecule has 16 heavy (non-hydrogen) atoms. The summed E-state index contributed by atoms with van der Waals surface area (Å²) >= 11 is 1.80. The van der Waals surface area contributed by atoms with E-state index in [2.05, 4.69) is 26.0 Å². The van der Waals surface area contributed by atoms with Crippen LogP contribution in [0.2, 0.25) is 0 Å². The molecule has 0 bridgehead atoms. The van der Waals surface area contributed by atoms with Gasteiger partial charge in [-0.1, -0.05) is 32.0 Å². The average Bonchev–Trinajstić information content (AvgIpc) is 2.17. The molecule has 0 saturated heterocycles. The van der Waals surface area contributed by atoms with E-state index in [1.54, 1.807) is 11.8 Å². The highest BCUT2D eigenvalue weighted by Crippen LogP contribution is 2.35. The molecule has 1 unspecified atom stereocenters. The summed E-state index contributed by atoms with van der Waals surface area (Å²) in [6, 6.07) is 10.1. The lowest BCUT2D eigenvalue weighted by atomic mass is 10.0. The molecule has 0 aromatic heterocycles. The normalized spacial score (nSPS) is 13.0. The molecule has 0 amide bonds. The molecule has 1 rings (SSSR count). The van der Waals surface area contributed by atoms with E-state index in [9.17, 15) is 0 Å². The fourth-order valence-electron chi connectivity index (χ4n) is 1.55. The van der Waals surface area contributed by atoms with Gasteiger partial charge in [-0.2, -0.15) is 0 Å². The van der Waals surface area contributed by atoms with Crippen molar-refractivity contribution in [3.8, 4) is 0 Å². The SMILES string of the molecule is CC(C)(CC(N)CO)Sc1ccccc1.Cl. The number of nitrogens with two attached hydrogens (primary N) is 1. The molecule has 92 valence electrons. The summed E-state index contributed by atoms with van der Waals surface area (Å²) in [6.45, 7) is 4.36. The molecular weight excluding hydrogens is 242 g/mol. The van der Waals surface area contributed by atoms with E-state index in [-0.39, 0.29) is 29.8 Å². The van der Waals surface area contributed by atoms with Gasteiger partial charge in [-0.25, -0.2) is 0 Å². The lowest BCUT2D eigenvalue weighted by Crippen LogP contribution is -2.32. The fraction of sp³-hybridized carbons (Fsp3) is 0.500. The number of benzene rings is 1. The number of aliphatic hydroxyl groups is 1. The van der Waals surface area contributed by atoms with Crippen LogP contribution < -0.4 is 5.73 Å². The molecule has 0 radical (unpaired) electrons. The van der Waals surface area contributed by atoms with Crippen LogP contribution in [0.1, 0.15) is 20.3 Å². The van der Waals surface area contributed by atoms with Gasteiger partial charge in [0.25, 0.3) is 0 Å². The highest BCUT2D eigenvalue weighted by atomic mass is 35.5. The number of thioether (sulfide) groups is 1. The Bertz CT molecular complexity index is 292. The average molecular weight is 262 g/mol. The first-order chi connectivity index (χ1) is 7.03. The van der Waals surface area contributed by atoms with Crippen molar-refractivity contribution in [2.45, 2.75) is 36.0 Å². The number of aliphatic hydroxyl groups excluding tert-OH is 1. The minimum atomic E-state index is -0.129. The van der Waals surface area contributed by atoms with Crippen molar-refractivity contribution < 1.29 is 5.11 Å². The maximum Gasteiger partial charge on any atom is 0.0583 e. The fourth-order valence-corrected chi connectivity index (χ4v) is 2.77. The molecule has 2 nitrogen and oxygen atoms in total. The third kappa shape index (κ3) is 5.75. The Morgan fingerprint density at radius 1 is 1.31 bits per heavy atom. The lowest BCUT2D eigenvalue weighted by Gasteiger charge is -2.26. The topological polar surface area (TPSA) is 46.2 Å². The van der Waals surface area contributed by atoms with Gasteiger partial charge >= 0.3 is 0 Å². The predicted octanol–water partition coefficient (Wildman–Crippen LogP) is 2.69. The summed E-state index contributed by atoms with van der Waals surface area (Å²) < 4.78 is 0.0590. The van der Waals surface area contributed by atoms with Crippen molar-refractivity contribution in [3.63, 3.8) is 0 Å². The third-order valence-corrected chi connectivity index (χ3v) is 3.35. The smallest absolute Gasteiger partial charge is 0.0583 e. The van der Waals surface area contributed by atoms with Crippen molar-refractivity contribution in [1.82, 2.24) is 0 Å². The van der Waals surface area contributed by atoms with Gasteiger partial charge in [-0.15, -0.1) is 24.2 Å². The molecule has 0 aliphatic rings. The van der Waals surface area contributed by atoms with Crippen molar-refractivity contribution >= 4 is 24.2 Å². The van der Waals surface area contributed by atoms with Crippen molar-refractivity contribution in [3.05, 3.63) is 30.3 Å². The highest BCUT2D eigenvalue weighted by Gasteiger charge is 2.22. The van der Waals surface area contributed by atoms with Gasteiger partial charge in [0.2, 0.25) is 0 Å². The van der Waals surface area contributed by atoms with Crippen LogP contribution in [-0.4, -0.2) is 22.5 Å². The molecule has 0 spiro atoms. The lowest BCUT2D eigenvalue weighted by molar-refractivity contribution is 0.254. The zero-order chi connectivity index (χ0) is 11.3. The predicted molar refractivity (Wildman–Crippen MR) is 73.3 cm³/mol. The minimum absolute atomic E-state index is 0. The zero-order valence-electron chi connectivity index (χ0n) is 9.72.